The summed E-state index contributed by atoms with van der Waals surface area (Å²) in [7, 11) is 0. The average molecular weight is 159 g/mol. The van der Waals surface area contributed by atoms with E-state index in [2.05, 4.69) is 6.92 Å². The molecule has 0 heterocycles. The average Bonchev–Trinajstić information content (AvgIpc) is 1.97. The molecular formula is C9H21NO. The van der Waals surface area contributed by atoms with Gasteiger partial charge in [0.25, 0.3) is 0 Å². The third-order valence-corrected chi connectivity index (χ3v) is 2.10. The molecule has 0 aliphatic heterocycles. The van der Waals surface area contributed by atoms with Crippen LogP contribution in [0.1, 0.15) is 46.0 Å². The lowest BCUT2D eigenvalue weighted by Gasteiger charge is -2.13. The molecule has 0 aromatic carbocycles. The van der Waals surface area contributed by atoms with Gasteiger partial charge in [-0.05, 0) is 12.3 Å². The van der Waals surface area contributed by atoms with Gasteiger partial charge in [-0.2, -0.15) is 0 Å². The van der Waals surface area contributed by atoms with Crippen LogP contribution in [0, 0.1) is 5.92 Å². The van der Waals surface area contributed by atoms with Crippen molar-refractivity contribution in [1.82, 2.24) is 0 Å². The molecule has 0 aromatic rings. The van der Waals surface area contributed by atoms with E-state index in [1.165, 1.54) is 25.7 Å². The van der Waals surface area contributed by atoms with Gasteiger partial charge in [0.15, 0.2) is 0 Å². The number of nitrogens with two attached hydrogens (primary N) is 1. The summed E-state index contributed by atoms with van der Waals surface area (Å²) in [5, 5.41) is 8.96. The highest BCUT2D eigenvalue weighted by molar-refractivity contribution is 4.57. The molecule has 0 fully saturated rings. The van der Waals surface area contributed by atoms with Crippen molar-refractivity contribution in [1.29, 1.82) is 0 Å². The summed E-state index contributed by atoms with van der Waals surface area (Å²) in [6.07, 6.45) is 5.46. The molecule has 0 aliphatic carbocycles. The SMILES string of the molecule is CCCCCCC(C)C(N)O. The standard InChI is InChI=1S/C9H21NO/c1-3-4-5-6-7-8(2)9(10)11/h8-9,11H,3-7,10H2,1-2H3. The topological polar surface area (TPSA) is 46.2 Å². The normalized spacial score (nSPS) is 16.4. The van der Waals surface area contributed by atoms with Gasteiger partial charge in [-0.25, -0.2) is 0 Å². The van der Waals surface area contributed by atoms with Gasteiger partial charge >= 0.3 is 0 Å². The third-order valence-electron chi connectivity index (χ3n) is 2.10. The Hall–Kier alpha value is -0.0800. The molecule has 2 unspecified atom stereocenters. The van der Waals surface area contributed by atoms with Crippen LogP contribution >= 0.6 is 0 Å². The van der Waals surface area contributed by atoms with Crippen molar-refractivity contribution in [2.24, 2.45) is 11.7 Å². The van der Waals surface area contributed by atoms with E-state index in [-0.39, 0.29) is 5.92 Å². The van der Waals surface area contributed by atoms with Crippen LogP contribution in [-0.2, 0) is 0 Å². The van der Waals surface area contributed by atoms with Gasteiger partial charge < -0.3 is 10.8 Å². The van der Waals surface area contributed by atoms with E-state index in [1.807, 2.05) is 6.92 Å². The minimum atomic E-state index is -0.628. The molecule has 0 radical (unpaired) electrons. The lowest BCUT2D eigenvalue weighted by molar-refractivity contribution is 0.117. The maximum atomic E-state index is 8.96. The van der Waals surface area contributed by atoms with Gasteiger partial charge in [0.05, 0.1) is 0 Å². The number of aliphatic hydroxyl groups excluding tert-OH is 1. The fourth-order valence-electron chi connectivity index (χ4n) is 1.06. The van der Waals surface area contributed by atoms with E-state index in [0.717, 1.165) is 6.42 Å². The van der Waals surface area contributed by atoms with Crippen molar-refractivity contribution in [2.75, 3.05) is 0 Å². The van der Waals surface area contributed by atoms with Gasteiger partial charge in [-0.1, -0.05) is 39.5 Å². The Balaban J connectivity index is 3.10. The molecule has 0 bridgehead atoms. The first-order chi connectivity index (χ1) is 5.18. The van der Waals surface area contributed by atoms with E-state index in [9.17, 15) is 0 Å². The molecule has 0 saturated heterocycles. The maximum Gasteiger partial charge on any atom is 0.104 e. The fraction of sp³-hybridized carbons (Fsp3) is 1.00. The van der Waals surface area contributed by atoms with Gasteiger partial charge in [-0.3, -0.25) is 0 Å². The molecule has 11 heavy (non-hydrogen) atoms. The molecule has 2 atom stereocenters. The molecule has 0 spiro atoms. The summed E-state index contributed by atoms with van der Waals surface area (Å²) in [6.45, 7) is 4.19. The molecule has 0 saturated carbocycles. The van der Waals surface area contributed by atoms with Gasteiger partial charge in [-0.15, -0.1) is 0 Å². The second kappa shape index (κ2) is 6.62. The Kier molecular flexibility index (Phi) is 6.57. The van der Waals surface area contributed by atoms with Crippen molar-refractivity contribution in [3.05, 3.63) is 0 Å². The van der Waals surface area contributed by atoms with E-state index < -0.39 is 6.23 Å². The van der Waals surface area contributed by atoms with Crippen molar-refractivity contribution >= 4 is 0 Å². The molecule has 0 aromatic heterocycles. The molecule has 68 valence electrons. The largest absolute Gasteiger partial charge is 0.379 e. The van der Waals surface area contributed by atoms with E-state index in [1.54, 1.807) is 0 Å². The van der Waals surface area contributed by atoms with Crippen LogP contribution in [0.15, 0.2) is 0 Å². The summed E-state index contributed by atoms with van der Waals surface area (Å²) < 4.78 is 0. The molecule has 2 heteroatoms. The highest BCUT2D eigenvalue weighted by Crippen LogP contribution is 2.11. The van der Waals surface area contributed by atoms with Crippen molar-refractivity contribution in [2.45, 2.75) is 52.2 Å². The second-order valence-corrected chi connectivity index (χ2v) is 3.32. The number of rotatable bonds is 6. The number of unbranched alkanes of at least 4 members (excludes halogenated alkanes) is 3. The minimum absolute atomic E-state index is 0.256. The quantitative estimate of drug-likeness (QED) is 0.459. The number of aliphatic hydroxyl groups is 1. The summed E-state index contributed by atoms with van der Waals surface area (Å²) in [5.41, 5.74) is 5.31. The highest BCUT2D eigenvalue weighted by atomic mass is 16.3. The first-order valence-electron chi connectivity index (χ1n) is 4.62. The Morgan fingerprint density at radius 3 is 2.36 bits per heavy atom. The van der Waals surface area contributed by atoms with Crippen LogP contribution in [0.2, 0.25) is 0 Å². The summed E-state index contributed by atoms with van der Waals surface area (Å²) >= 11 is 0. The first kappa shape index (κ1) is 10.9. The molecule has 2 nitrogen and oxygen atoms in total. The van der Waals surface area contributed by atoms with E-state index >= 15 is 0 Å². The molecular weight excluding hydrogens is 138 g/mol. The van der Waals surface area contributed by atoms with E-state index in [4.69, 9.17) is 10.8 Å². The summed E-state index contributed by atoms with van der Waals surface area (Å²) in [5.74, 6) is 0.256. The van der Waals surface area contributed by atoms with Gasteiger partial charge in [0, 0.05) is 0 Å². The van der Waals surface area contributed by atoms with Crippen LogP contribution in [0.3, 0.4) is 0 Å². The fourth-order valence-corrected chi connectivity index (χ4v) is 1.06. The lowest BCUT2D eigenvalue weighted by Crippen LogP contribution is -2.27. The summed E-state index contributed by atoms with van der Waals surface area (Å²) in [4.78, 5) is 0. The van der Waals surface area contributed by atoms with Gasteiger partial charge in [0.2, 0.25) is 0 Å². The van der Waals surface area contributed by atoms with Crippen LogP contribution in [0.4, 0.5) is 0 Å². The Morgan fingerprint density at radius 2 is 1.91 bits per heavy atom. The Morgan fingerprint density at radius 1 is 1.27 bits per heavy atom. The third kappa shape index (κ3) is 6.32. The second-order valence-electron chi connectivity index (χ2n) is 3.32. The number of hydrogen-bond acceptors (Lipinski definition) is 2. The zero-order valence-electron chi connectivity index (χ0n) is 7.71. The van der Waals surface area contributed by atoms with Crippen molar-refractivity contribution in [3.63, 3.8) is 0 Å². The molecule has 0 rings (SSSR count). The summed E-state index contributed by atoms with van der Waals surface area (Å²) in [6, 6.07) is 0. The Bertz CT molecular complexity index is 83.6. The van der Waals surface area contributed by atoms with Crippen molar-refractivity contribution in [3.8, 4) is 0 Å². The first-order valence-corrected chi connectivity index (χ1v) is 4.62. The zero-order chi connectivity index (χ0) is 8.69. The lowest BCUT2D eigenvalue weighted by atomic mass is 10.0. The smallest absolute Gasteiger partial charge is 0.104 e. The zero-order valence-corrected chi connectivity index (χ0v) is 7.71. The van der Waals surface area contributed by atoms with Crippen LogP contribution in [0.25, 0.3) is 0 Å². The predicted octanol–water partition coefficient (Wildman–Crippen LogP) is 1.87. The van der Waals surface area contributed by atoms with Crippen LogP contribution < -0.4 is 5.73 Å². The maximum absolute atomic E-state index is 8.96. The van der Waals surface area contributed by atoms with Gasteiger partial charge in [0.1, 0.15) is 6.23 Å². The Labute approximate surface area is 69.8 Å². The molecule has 3 N–H and O–H groups in total. The molecule has 0 amide bonds. The minimum Gasteiger partial charge on any atom is -0.379 e. The van der Waals surface area contributed by atoms with Crippen LogP contribution in [-0.4, -0.2) is 11.3 Å². The van der Waals surface area contributed by atoms with E-state index in [0.29, 0.717) is 0 Å². The number of hydrogen-bond donors (Lipinski definition) is 2. The molecule has 0 aliphatic rings. The predicted molar refractivity (Wildman–Crippen MR) is 48.1 cm³/mol. The monoisotopic (exact) mass is 159 g/mol. The van der Waals surface area contributed by atoms with Crippen molar-refractivity contribution < 1.29 is 5.11 Å². The highest BCUT2D eigenvalue weighted by Gasteiger charge is 2.07. The van der Waals surface area contributed by atoms with Crippen LogP contribution in [0.5, 0.6) is 0 Å².